The topological polar surface area (TPSA) is 6.48 Å². The molecule has 0 N–H and O–H groups in total. The van der Waals surface area contributed by atoms with Crippen LogP contribution in [0.15, 0.2) is 267 Å². The number of hydrogen-bond donors (Lipinski definition) is 0. The molecule has 0 spiro atoms. The molecule has 318 valence electrons. The maximum absolute atomic E-state index is 2.41. The number of rotatable bonds is 8. The lowest BCUT2D eigenvalue weighted by Gasteiger charge is -2.28. The summed E-state index contributed by atoms with van der Waals surface area (Å²) in [5, 5.41) is 15.1. The molecule has 0 aliphatic carbocycles. The first-order valence-electron chi connectivity index (χ1n) is 23.4. The largest absolute Gasteiger partial charge is 0.310 e. The van der Waals surface area contributed by atoms with E-state index in [4.69, 9.17) is 0 Å². The summed E-state index contributed by atoms with van der Waals surface area (Å²) in [4.78, 5) is 4.81. The second-order valence-electron chi connectivity index (χ2n) is 17.6. The van der Waals surface area contributed by atoms with Crippen molar-refractivity contribution in [3.63, 3.8) is 0 Å². The molecule has 0 aliphatic rings. The predicted molar refractivity (Wildman–Crippen MR) is 292 cm³/mol. The zero-order valence-electron chi connectivity index (χ0n) is 37.3. The van der Waals surface area contributed by atoms with Crippen LogP contribution < -0.4 is 9.80 Å². The average molecular weight is 865 g/mol. The van der Waals surface area contributed by atoms with E-state index in [1.54, 1.807) is 0 Å². The van der Waals surface area contributed by atoms with Gasteiger partial charge in [0.15, 0.2) is 0 Å². The fraction of sp³-hybridized carbons (Fsp3) is 0. The number of benzene rings is 13. The normalized spacial score (nSPS) is 11.5. The lowest BCUT2D eigenvalue weighted by molar-refractivity contribution is 1.28. The molecule has 0 fully saturated rings. The molecule has 13 aromatic carbocycles. The Kier molecular flexibility index (Phi) is 9.54. The van der Waals surface area contributed by atoms with Crippen molar-refractivity contribution in [3.8, 4) is 22.3 Å². The van der Waals surface area contributed by atoms with Gasteiger partial charge in [-0.15, -0.1) is 0 Å². The van der Waals surface area contributed by atoms with Gasteiger partial charge in [0, 0.05) is 34.1 Å². The lowest BCUT2D eigenvalue weighted by atomic mass is 9.92. The molecule has 2 heteroatoms. The highest BCUT2D eigenvalue weighted by Crippen LogP contribution is 2.46. The zero-order valence-corrected chi connectivity index (χ0v) is 37.3. The molecule has 0 radical (unpaired) electrons. The first kappa shape index (κ1) is 39.4. The van der Waals surface area contributed by atoms with Crippen LogP contribution in [0.25, 0.3) is 86.9 Å². The predicted octanol–water partition coefficient (Wildman–Crippen LogP) is 18.9. The van der Waals surface area contributed by atoms with Gasteiger partial charge in [-0.3, -0.25) is 0 Å². The fourth-order valence-electron chi connectivity index (χ4n) is 10.7. The average Bonchev–Trinajstić information content (AvgIpc) is 3.42. The monoisotopic (exact) mass is 864 g/mol. The molecule has 68 heavy (non-hydrogen) atoms. The summed E-state index contributed by atoms with van der Waals surface area (Å²) in [6, 6.07) is 97.6. The van der Waals surface area contributed by atoms with Gasteiger partial charge in [-0.1, -0.05) is 194 Å². The molecule has 13 aromatic rings. The van der Waals surface area contributed by atoms with E-state index < -0.39 is 0 Å². The van der Waals surface area contributed by atoms with Crippen molar-refractivity contribution in [3.05, 3.63) is 267 Å². The first-order valence-corrected chi connectivity index (χ1v) is 23.4. The van der Waals surface area contributed by atoms with Crippen LogP contribution in [0.5, 0.6) is 0 Å². The Labute approximate surface area is 395 Å². The Bertz CT molecular complexity index is 3960. The van der Waals surface area contributed by atoms with Crippen molar-refractivity contribution >= 4 is 98.8 Å². The highest BCUT2D eigenvalue weighted by Gasteiger charge is 2.21. The maximum Gasteiger partial charge on any atom is 0.0468 e. The third-order valence-electron chi connectivity index (χ3n) is 13.8. The second kappa shape index (κ2) is 16.5. The van der Waals surface area contributed by atoms with E-state index in [2.05, 4.69) is 277 Å². The Morgan fingerprint density at radius 3 is 0.912 bits per heavy atom. The van der Waals surface area contributed by atoms with E-state index in [0.29, 0.717) is 0 Å². The third kappa shape index (κ3) is 6.65. The van der Waals surface area contributed by atoms with E-state index in [-0.39, 0.29) is 0 Å². The summed E-state index contributed by atoms with van der Waals surface area (Å²) in [6.07, 6.45) is 0. The first-order chi connectivity index (χ1) is 33.7. The van der Waals surface area contributed by atoms with Crippen LogP contribution >= 0.6 is 0 Å². The zero-order chi connectivity index (χ0) is 45.0. The summed E-state index contributed by atoms with van der Waals surface area (Å²) >= 11 is 0. The van der Waals surface area contributed by atoms with Crippen LogP contribution in [0.4, 0.5) is 34.1 Å². The van der Waals surface area contributed by atoms with Crippen LogP contribution in [0.1, 0.15) is 0 Å². The van der Waals surface area contributed by atoms with Gasteiger partial charge in [0.25, 0.3) is 0 Å². The minimum Gasteiger partial charge on any atom is -0.310 e. The fourth-order valence-corrected chi connectivity index (χ4v) is 10.7. The molecule has 0 unspecified atom stereocenters. The molecule has 0 aromatic heterocycles. The van der Waals surface area contributed by atoms with E-state index in [0.717, 1.165) is 45.3 Å². The molecule has 13 rings (SSSR count). The number of nitrogens with zero attached hydrogens (tertiary/aromatic N) is 2. The van der Waals surface area contributed by atoms with Crippen molar-refractivity contribution in [2.45, 2.75) is 0 Å². The smallest absolute Gasteiger partial charge is 0.0468 e. The molecule has 0 bridgehead atoms. The Morgan fingerprint density at radius 2 is 0.471 bits per heavy atom. The van der Waals surface area contributed by atoms with Crippen molar-refractivity contribution in [1.29, 1.82) is 0 Å². The summed E-state index contributed by atoms with van der Waals surface area (Å²) < 4.78 is 0. The van der Waals surface area contributed by atoms with Gasteiger partial charge >= 0.3 is 0 Å². The van der Waals surface area contributed by atoms with Gasteiger partial charge in [0.1, 0.15) is 0 Å². The van der Waals surface area contributed by atoms with Gasteiger partial charge in [0.2, 0.25) is 0 Å². The number of para-hydroxylation sites is 2. The summed E-state index contributed by atoms with van der Waals surface area (Å²) in [5.41, 5.74) is 11.2. The van der Waals surface area contributed by atoms with Crippen molar-refractivity contribution < 1.29 is 0 Å². The molecular formula is C66H44N2. The van der Waals surface area contributed by atoms with Crippen LogP contribution in [0.3, 0.4) is 0 Å². The quantitative estimate of drug-likeness (QED) is 0.140. The van der Waals surface area contributed by atoms with Crippen molar-refractivity contribution in [2.24, 2.45) is 0 Å². The highest BCUT2D eigenvalue weighted by atomic mass is 15.1. The van der Waals surface area contributed by atoms with Gasteiger partial charge < -0.3 is 9.80 Å². The summed E-state index contributed by atoms with van der Waals surface area (Å²) in [7, 11) is 0. The van der Waals surface area contributed by atoms with Gasteiger partial charge in [-0.25, -0.2) is 0 Å². The second-order valence-corrected chi connectivity index (χ2v) is 17.6. The van der Waals surface area contributed by atoms with Crippen LogP contribution in [-0.2, 0) is 0 Å². The van der Waals surface area contributed by atoms with Gasteiger partial charge in [-0.05, 0) is 160 Å². The van der Waals surface area contributed by atoms with Gasteiger partial charge in [0.05, 0.1) is 0 Å². The molecule has 0 heterocycles. The van der Waals surface area contributed by atoms with E-state index in [1.807, 2.05) is 0 Å². The Morgan fingerprint density at radius 1 is 0.162 bits per heavy atom. The number of fused-ring (bicyclic) bond motifs is 12. The van der Waals surface area contributed by atoms with Crippen molar-refractivity contribution in [2.75, 3.05) is 9.80 Å². The highest BCUT2D eigenvalue weighted by molar-refractivity contribution is 6.27. The SMILES string of the molecule is c1ccc(-c2ccc(N(c3ccccc3)c3ccc4c5ccccc5c5ccccc5c4c3)cc2-c2cccc(N(c3ccccc3)c3ccc4c5ccccc5c5ccccc5c4c3)c2)cc1. The van der Waals surface area contributed by atoms with Crippen molar-refractivity contribution in [1.82, 2.24) is 0 Å². The standard InChI is InChI=1S/C66H44N2/c1-4-19-45(20-5-1)53-38-35-50(68(48-24-8-3-9-25-48)52-37-40-63-59-32-13-11-28-55(59)57-30-15-17-34-61(57)66(63)44-52)42-64(53)46-21-18-26-49(41-46)67(47-22-6-2-7-23-47)51-36-39-62-58-31-12-10-27-54(58)56-29-14-16-33-60(56)65(62)43-51/h1-44H. The van der Waals surface area contributed by atoms with Gasteiger partial charge in [-0.2, -0.15) is 0 Å². The van der Waals surface area contributed by atoms with Crippen LogP contribution in [0.2, 0.25) is 0 Å². The minimum absolute atomic E-state index is 1.08. The van der Waals surface area contributed by atoms with E-state index in [9.17, 15) is 0 Å². The molecule has 0 saturated carbocycles. The number of hydrogen-bond acceptors (Lipinski definition) is 2. The molecule has 0 amide bonds. The lowest BCUT2D eigenvalue weighted by Crippen LogP contribution is -2.11. The maximum atomic E-state index is 2.41. The molecule has 2 nitrogen and oxygen atoms in total. The number of anilines is 6. The minimum atomic E-state index is 1.08. The third-order valence-corrected chi connectivity index (χ3v) is 13.8. The molecule has 0 aliphatic heterocycles. The van der Waals surface area contributed by atoms with E-state index >= 15 is 0 Å². The molecular weight excluding hydrogens is 821 g/mol. The van der Waals surface area contributed by atoms with Crippen LogP contribution in [-0.4, -0.2) is 0 Å². The van der Waals surface area contributed by atoms with Crippen LogP contribution in [0, 0.1) is 0 Å². The summed E-state index contributed by atoms with van der Waals surface area (Å²) in [6.45, 7) is 0. The van der Waals surface area contributed by atoms with E-state index in [1.165, 1.54) is 75.8 Å². The molecule has 0 atom stereocenters. The Hall–Kier alpha value is -8.98. The summed E-state index contributed by atoms with van der Waals surface area (Å²) in [5.74, 6) is 0. The Balaban J connectivity index is 1.00. The molecule has 0 saturated heterocycles.